The second kappa shape index (κ2) is 6.17. The van der Waals surface area contributed by atoms with Crippen LogP contribution >= 0.6 is 23.4 Å². The minimum Gasteiger partial charge on any atom is -0.357 e. The van der Waals surface area contributed by atoms with Gasteiger partial charge in [-0.15, -0.1) is 0 Å². The first-order valence-corrected chi connectivity index (χ1v) is 10.1. The molecule has 0 spiro atoms. The van der Waals surface area contributed by atoms with Gasteiger partial charge in [-0.25, -0.2) is 8.42 Å². The van der Waals surface area contributed by atoms with E-state index in [1.54, 1.807) is 18.2 Å². The predicted octanol–water partition coefficient (Wildman–Crippen LogP) is 4.56. The normalized spacial score (nSPS) is 11.6. The lowest BCUT2D eigenvalue weighted by Crippen LogP contribution is -1.96. The van der Waals surface area contributed by atoms with Gasteiger partial charge in [0.1, 0.15) is 6.07 Å². The van der Waals surface area contributed by atoms with Crippen LogP contribution in [0, 0.1) is 18.3 Å². The van der Waals surface area contributed by atoms with Gasteiger partial charge in [0.2, 0.25) is 0 Å². The molecule has 24 heavy (non-hydrogen) atoms. The molecule has 122 valence electrons. The number of para-hydroxylation sites is 1. The van der Waals surface area contributed by atoms with E-state index in [0.717, 1.165) is 32.6 Å². The van der Waals surface area contributed by atoms with E-state index in [9.17, 15) is 13.7 Å². The van der Waals surface area contributed by atoms with Crippen molar-refractivity contribution in [2.75, 3.05) is 6.26 Å². The summed E-state index contributed by atoms with van der Waals surface area (Å²) in [7, 11) is -3.29. The van der Waals surface area contributed by atoms with E-state index in [1.807, 2.05) is 19.1 Å². The molecule has 0 aliphatic rings. The van der Waals surface area contributed by atoms with Gasteiger partial charge in [-0.05, 0) is 31.2 Å². The Bertz CT molecular complexity index is 1100. The number of nitrogens with one attached hydrogen (secondary N) is 1. The number of hydrogen-bond donors (Lipinski definition) is 1. The molecule has 0 saturated carbocycles. The van der Waals surface area contributed by atoms with Crippen LogP contribution in [0.3, 0.4) is 0 Å². The lowest BCUT2D eigenvalue weighted by Gasteiger charge is -2.06. The first-order valence-electron chi connectivity index (χ1n) is 7.00. The molecular weight excluding hydrogens is 364 g/mol. The SMILES string of the molecule is Cc1[nH]c2c(C#N)cccc2c1Sc1ccc(S(C)(=O)=O)cc1Cl. The molecular formula is C17H13ClN2O2S2. The van der Waals surface area contributed by atoms with Crippen LogP contribution in [0.25, 0.3) is 10.9 Å². The summed E-state index contributed by atoms with van der Waals surface area (Å²) in [5.74, 6) is 0. The Balaban J connectivity index is 2.08. The summed E-state index contributed by atoms with van der Waals surface area (Å²) in [5, 5.41) is 10.5. The molecule has 1 N–H and O–H groups in total. The molecule has 2 aromatic carbocycles. The van der Waals surface area contributed by atoms with E-state index in [2.05, 4.69) is 11.1 Å². The number of halogens is 1. The highest BCUT2D eigenvalue weighted by atomic mass is 35.5. The van der Waals surface area contributed by atoms with Crippen LogP contribution in [-0.4, -0.2) is 19.7 Å². The Labute approximate surface area is 149 Å². The van der Waals surface area contributed by atoms with Crippen molar-refractivity contribution in [3.8, 4) is 6.07 Å². The monoisotopic (exact) mass is 376 g/mol. The zero-order chi connectivity index (χ0) is 17.5. The third-order valence-corrected chi connectivity index (χ3v) is 6.47. The molecule has 0 saturated heterocycles. The molecule has 0 radical (unpaired) electrons. The van der Waals surface area contributed by atoms with Gasteiger partial charge in [0, 0.05) is 27.1 Å². The van der Waals surface area contributed by atoms with Crippen LogP contribution in [-0.2, 0) is 9.84 Å². The summed E-state index contributed by atoms with van der Waals surface area (Å²) in [6.07, 6.45) is 1.15. The van der Waals surface area contributed by atoms with Gasteiger partial charge < -0.3 is 4.98 Å². The number of fused-ring (bicyclic) bond motifs is 1. The summed E-state index contributed by atoms with van der Waals surface area (Å²) in [6, 6.07) is 12.4. The Morgan fingerprint density at radius 1 is 1.25 bits per heavy atom. The van der Waals surface area contributed by atoms with Crippen molar-refractivity contribution in [2.45, 2.75) is 21.6 Å². The van der Waals surface area contributed by atoms with Crippen molar-refractivity contribution in [1.82, 2.24) is 4.98 Å². The van der Waals surface area contributed by atoms with Crippen LogP contribution in [0.15, 0.2) is 51.1 Å². The average molecular weight is 377 g/mol. The second-order valence-electron chi connectivity index (χ2n) is 5.39. The second-order valence-corrected chi connectivity index (χ2v) is 8.86. The molecule has 0 unspecified atom stereocenters. The lowest BCUT2D eigenvalue weighted by molar-refractivity contribution is 0.602. The standard InChI is InChI=1S/C17H13ClN2O2S2/c1-10-17(13-5-3-4-11(9-19)16(13)20-10)23-15-7-6-12(8-14(15)18)24(2,21)22/h3-8,20H,1-2H3. The summed E-state index contributed by atoms with van der Waals surface area (Å²) < 4.78 is 23.2. The van der Waals surface area contributed by atoms with E-state index in [1.165, 1.54) is 17.8 Å². The molecule has 0 aliphatic carbocycles. The number of rotatable bonds is 3. The van der Waals surface area contributed by atoms with Gasteiger partial charge in [0.05, 0.1) is 21.0 Å². The van der Waals surface area contributed by atoms with Crippen molar-refractivity contribution in [3.63, 3.8) is 0 Å². The molecule has 3 rings (SSSR count). The van der Waals surface area contributed by atoms with Gasteiger partial charge in [0.25, 0.3) is 0 Å². The number of nitrogens with zero attached hydrogens (tertiary/aromatic N) is 1. The fraction of sp³-hybridized carbons (Fsp3) is 0.118. The maximum absolute atomic E-state index is 11.6. The summed E-state index contributed by atoms with van der Waals surface area (Å²) >= 11 is 7.71. The average Bonchev–Trinajstić information content (AvgIpc) is 2.84. The number of aryl methyl sites for hydroxylation is 1. The minimum absolute atomic E-state index is 0.194. The van der Waals surface area contributed by atoms with Crippen molar-refractivity contribution >= 4 is 44.1 Å². The summed E-state index contributed by atoms with van der Waals surface area (Å²) in [5.41, 5.74) is 2.31. The number of H-pyrrole nitrogens is 1. The van der Waals surface area contributed by atoms with E-state index in [0.29, 0.717) is 10.6 Å². The maximum Gasteiger partial charge on any atom is 0.175 e. The minimum atomic E-state index is -3.29. The van der Waals surface area contributed by atoms with E-state index < -0.39 is 9.84 Å². The van der Waals surface area contributed by atoms with Gasteiger partial charge >= 0.3 is 0 Å². The molecule has 1 heterocycles. The number of hydrogen-bond acceptors (Lipinski definition) is 4. The molecule has 4 nitrogen and oxygen atoms in total. The Morgan fingerprint density at radius 3 is 2.62 bits per heavy atom. The highest BCUT2D eigenvalue weighted by molar-refractivity contribution is 7.99. The van der Waals surface area contributed by atoms with Crippen LogP contribution < -0.4 is 0 Å². The van der Waals surface area contributed by atoms with Crippen molar-refractivity contribution in [3.05, 3.63) is 52.7 Å². The van der Waals surface area contributed by atoms with Gasteiger partial charge in [-0.1, -0.05) is 35.5 Å². The van der Waals surface area contributed by atoms with E-state index in [-0.39, 0.29) is 4.90 Å². The maximum atomic E-state index is 11.6. The van der Waals surface area contributed by atoms with Crippen LogP contribution in [0.5, 0.6) is 0 Å². The smallest absolute Gasteiger partial charge is 0.175 e. The van der Waals surface area contributed by atoms with Crippen molar-refractivity contribution < 1.29 is 8.42 Å². The van der Waals surface area contributed by atoms with Gasteiger partial charge in [0.15, 0.2) is 9.84 Å². The first-order chi connectivity index (χ1) is 11.3. The Kier molecular flexibility index (Phi) is 4.35. The number of aromatic nitrogens is 1. The van der Waals surface area contributed by atoms with E-state index in [4.69, 9.17) is 11.6 Å². The quantitative estimate of drug-likeness (QED) is 0.727. The molecule has 0 fully saturated rings. The van der Waals surface area contributed by atoms with Crippen LogP contribution in [0.1, 0.15) is 11.3 Å². The first kappa shape index (κ1) is 16.9. The molecule has 0 aliphatic heterocycles. The fourth-order valence-corrected chi connectivity index (χ4v) is 4.46. The molecule has 3 aromatic rings. The molecule has 0 atom stereocenters. The van der Waals surface area contributed by atoms with Gasteiger partial charge in [-0.3, -0.25) is 0 Å². The van der Waals surface area contributed by atoms with Gasteiger partial charge in [-0.2, -0.15) is 5.26 Å². The number of nitriles is 1. The highest BCUT2D eigenvalue weighted by Crippen LogP contribution is 2.40. The third kappa shape index (κ3) is 3.03. The number of aromatic amines is 1. The van der Waals surface area contributed by atoms with Crippen LogP contribution in [0.4, 0.5) is 0 Å². The third-order valence-electron chi connectivity index (χ3n) is 3.63. The Morgan fingerprint density at radius 2 is 2.00 bits per heavy atom. The van der Waals surface area contributed by atoms with Crippen LogP contribution in [0.2, 0.25) is 5.02 Å². The molecule has 1 aromatic heterocycles. The highest BCUT2D eigenvalue weighted by Gasteiger charge is 2.15. The largest absolute Gasteiger partial charge is 0.357 e. The molecule has 7 heteroatoms. The summed E-state index contributed by atoms with van der Waals surface area (Å²) in [6.45, 7) is 1.93. The van der Waals surface area contributed by atoms with E-state index >= 15 is 0 Å². The lowest BCUT2D eigenvalue weighted by atomic mass is 10.1. The zero-order valence-corrected chi connectivity index (χ0v) is 15.3. The number of benzene rings is 2. The summed E-state index contributed by atoms with van der Waals surface area (Å²) in [4.78, 5) is 5.16. The number of sulfone groups is 1. The molecule has 0 bridgehead atoms. The topological polar surface area (TPSA) is 73.7 Å². The zero-order valence-electron chi connectivity index (χ0n) is 12.9. The predicted molar refractivity (Wildman–Crippen MR) is 96.4 cm³/mol. The molecule has 0 amide bonds. The fourth-order valence-electron chi connectivity index (χ4n) is 2.45. The van der Waals surface area contributed by atoms with Crippen molar-refractivity contribution in [1.29, 1.82) is 5.26 Å². The van der Waals surface area contributed by atoms with Crippen molar-refractivity contribution in [2.24, 2.45) is 0 Å². The Hall–Kier alpha value is -1.94.